The molecular formula is C18H17N3O4S. The highest BCUT2D eigenvalue weighted by Gasteiger charge is 2.12. The zero-order valence-corrected chi connectivity index (χ0v) is 14.8. The van der Waals surface area contributed by atoms with Crippen LogP contribution in [-0.2, 0) is 16.1 Å². The lowest BCUT2D eigenvalue weighted by molar-refractivity contribution is -0.119. The second kappa shape index (κ2) is 8.30. The van der Waals surface area contributed by atoms with Crippen LogP contribution in [0.1, 0.15) is 12.7 Å². The van der Waals surface area contributed by atoms with Crippen LogP contribution < -0.4 is 15.4 Å². The molecule has 0 radical (unpaired) electrons. The van der Waals surface area contributed by atoms with E-state index >= 15 is 0 Å². The normalized spacial score (nSPS) is 10.3. The summed E-state index contributed by atoms with van der Waals surface area (Å²) in [6, 6.07) is 12.7. The first-order valence-electron chi connectivity index (χ1n) is 7.87. The van der Waals surface area contributed by atoms with E-state index in [2.05, 4.69) is 15.6 Å². The molecule has 2 amide bonds. The van der Waals surface area contributed by atoms with Gasteiger partial charge in [0, 0.05) is 12.3 Å². The van der Waals surface area contributed by atoms with Crippen molar-refractivity contribution in [3.8, 4) is 17.2 Å². The molecule has 2 aromatic heterocycles. The van der Waals surface area contributed by atoms with Crippen LogP contribution in [0, 0.1) is 0 Å². The number of benzene rings is 1. The molecule has 8 heteroatoms. The number of nitrogens with zero attached hydrogens (tertiary/aromatic N) is 1. The van der Waals surface area contributed by atoms with Crippen LogP contribution in [0.4, 0.5) is 5.13 Å². The van der Waals surface area contributed by atoms with Crippen LogP contribution in [-0.4, -0.2) is 23.4 Å². The number of furan rings is 1. The van der Waals surface area contributed by atoms with E-state index in [9.17, 15) is 9.59 Å². The average molecular weight is 371 g/mol. The molecule has 0 aliphatic carbocycles. The number of rotatable bonds is 7. The number of amides is 2. The van der Waals surface area contributed by atoms with E-state index in [1.54, 1.807) is 29.6 Å². The van der Waals surface area contributed by atoms with Crippen molar-refractivity contribution in [1.29, 1.82) is 0 Å². The van der Waals surface area contributed by atoms with Gasteiger partial charge in [-0.15, -0.1) is 11.3 Å². The Balaban J connectivity index is 1.54. The third-order valence-corrected chi connectivity index (χ3v) is 4.05. The highest BCUT2D eigenvalue weighted by molar-refractivity contribution is 7.14. The molecule has 0 aliphatic rings. The molecule has 0 unspecified atom stereocenters. The van der Waals surface area contributed by atoms with Crippen LogP contribution in [0.5, 0.6) is 5.75 Å². The summed E-state index contributed by atoms with van der Waals surface area (Å²) in [6.07, 6.45) is 0. The van der Waals surface area contributed by atoms with Crippen molar-refractivity contribution in [2.24, 2.45) is 0 Å². The summed E-state index contributed by atoms with van der Waals surface area (Å²) >= 11 is 1.29. The van der Waals surface area contributed by atoms with Gasteiger partial charge in [-0.3, -0.25) is 14.9 Å². The second-order valence-corrected chi connectivity index (χ2v) is 6.22. The molecule has 7 nitrogen and oxygen atoms in total. The maximum absolute atomic E-state index is 12.0. The first-order chi connectivity index (χ1) is 12.6. The van der Waals surface area contributed by atoms with Gasteiger partial charge in [0.15, 0.2) is 17.5 Å². The Morgan fingerprint density at radius 2 is 2.00 bits per heavy atom. The predicted molar refractivity (Wildman–Crippen MR) is 97.9 cm³/mol. The number of carbonyl (C=O) groups is 2. The zero-order chi connectivity index (χ0) is 18.4. The molecule has 2 heterocycles. The molecule has 0 saturated heterocycles. The maximum Gasteiger partial charge on any atom is 0.264 e. The first kappa shape index (κ1) is 17.7. The number of thiazole rings is 1. The van der Waals surface area contributed by atoms with E-state index in [4.69, 9.17) is 9.15 Å². The topological polar surface area (TPSA) is 93.5 Å². The third-order valence-electron chi connectivity index (χ3n) is 3.29. The summed E-state index contributed by atoms with van der Waals surface area (Å²) in [7, 11) is 0. The van der Waals surface area contributed by atoms with Crippen LogP contribution in [0.2, 0.25) is 0 Å². The van der Waals surface area contributed by atoms with Crippen LogP contribution in [0.25, 0.3) is 11.5 Å². The van der Waals surface area contributed by atoms with Crippen molar-refractivity contribution in [1.82, 2.24) is 10.3 Å². The smallest absolute Gasteiger partial charge is 0.264 e. The summed E-state index contributed by atoms with van der Waals surface area (Å²) in [5.74, 6) is 1.41. The van der Waals surface area contributed by atoms with Crippen molar-refractivity contribution >= 4 is 28.3 Å². The number of ether oxygens (including phenoxy) is 1. The van der Waals surface area contributed by atoms with Gasteiger partial charge in [-0.05, 0) is 24.3 Å². The minimum absolute atomic E-state index is 0.0967. The standard InChI is InChI=1S/C18H17N3O4S/c1-12(22)19-9-14-7-8-16(25-14)15-11-26-18(20-15)21-17(23)10-24-13-5-3-2-4-6-13/h2-8,11H,9-10H2,1H3,(H,19,22)(H,20,21,23). The Morgan fingerprint density at radius 3 is 2.77 bits per heavy atom. The van der Waals surface area contributed by atoms with Gasteiger partial charge in [-0.25, -0.2) is 4.98 Å². The number of anilines is 1. The average Bonchev–Trinajstić information content (AvgIpc) is 3.28. The van der Waals surface area contributed by atoms with Gasteiger partial charge in [0.1, 0.15) is 17.2 Å². The van der Waals surface area contributed by atoms with Gasteiger partial charge in [0.2, 0.25) is 5.91 Å². The highest BCUT2D eigenvalue weighted by atomic mass is 32.1. The lowest BCUT2D eigenvalue weighted by atomic mass is 10.3. The number of aromatic nitrogens is 1. The molecule has 134 valence electrons. The second-order valence-electron chi connectivity index (χ2n) is 5.36. The van der Waals surface area contributed by atoms with E-state index in [0.717, 1.165) is 0 Å². The van der Waals surface area contributed by atoms with Gasteiger partial charge in [-0.2, -0.15) is 0 Å². The van der Waals surface area contributed by atoms with Gasteiger partial charge in [0.05, 0.1) is 6.54 Å². The van der Waals surface area contributed by atoms with Crippen LogP contribution >= 0.6 is 11.3 Å². The molecule has 0 atom stereocenters. The van der Waals surface area contributed by atoms with Crippen LogP contribution in [0.15, 0.2) is 52.3 Å². The number of hydrogen-bond acceptors (Lipinski definition) is 6. The molecule has 26 heavy (non-hydrogen) atoms. The molecule has 3 rings (SSSR count). The summed E-state index contributed by atoms with van der Waals surface area (Å²) in [4.78, 5) is 27.2. The lowest BCUT2D eigenvalue weighted by Crippen LogP contribution is -2.19. The molecule has 0 aliphatic heterocycles. The molecule has 0 saturated carbocycles. The first-order valence-corrected chi connectivity index (χ1v) is 8.75. The maximum atomic E-state index is 12.0. The quantitative estimate of drug-likeness (QED) is 0.666. The molecule has 2 N–H and O–H groups in total. The molecular weight excluding hydrogens is 354 g/mol. The fourth-order valence-corrected chi connectivity index (χ4v) is 2.80. The van der Waals surface area contributed by atoms with Crippen LogP contribution in [0.3, 0.4) is 0 Å². The summed E-state index contributed by atoms with van der Waals surface area (Å²) in [5, 5.41) is 7.60. The largest absolute Gasteiger partial charge is 0.484 e. The van der Waals surface area contributed by atoms with E-state index in [-0.39, 0.29) is 18.4 Å². The SMILES string of the molecule is CC(=O)NCc1ccc(-c2csc(NC(=O)COc3ccccc3)n2)o1. The zero-order valence-electron chi connectivity index (χ0n) is 14.0. The molecule has 0 spiro atoms. The molecule has 1 aromatic carbocycles. The fraction of sp³-hybridized carbons (Fsp3) is 0.167. The molecule has 0 bridgehead atoms. The Kier molecular flexibility index (Phi) is 5.65. The predicted octanol–water partition coefficient (Wildman–Crippen LogP) is 3.06. The lowest BCUT2D eigenvalue weighted by Gasteiger charge is -2.05. The third kappa shape index (κ3) is 4.93. The van der Waals surface area contributed by atoms with E-state index in [1.807, 2.05) is 18.2 Å². The monoisotopic (exact) mass is 371 g/mol. The van der Waals surface area contributed by atoms with Crippen molar-refractivity contribution < 1.29 is 18.7 Å². The summed E-state index contributed by atoms with van der Waals surface area (Å²) < 4.78 is 11.0. The van der Waals surface area contributed by atoms with Gasteiger partial charge < -0.3 is 14.5 Å². The number of para-hydroxylation sites is 1. The molecule has 3 aromatic rings. The number of nitrogens with one attached hydrogen (secondary N) is 2. The minimum atomic E-state index is -0.291. The highest BCUT2D eigenvalue weighted by Crippen LogP contribution is 2.26. The Morgan fingerprint density at radius 1 is 1.19 bits per heavy atom. The Hall–Kier alpha value is -3.13. The van der Waals surface area contributed by atoms with Gasteiger partial charge in [0.25, 0.3) is 5.91 Å². The van der Waals surface area contributed by atoms with Crippen molar-refractivity contribution in [2.75, 3.05) is 11.9 Å². The Labute approximate surface area is 154 Å². The molecule has 0 fully saturated rings. The summed E-state index contributed by atoms with van der Waals surface area (Å²) in [5.41, 5.74) is 0.614. The number of hydrogen-bond donors (Lipinski definition) is 2. The fourth-order valence-electron chi connectivity index (χ4n) is 2.09. The minimum Gasteiger partial charge on any atom is -0.484 e. The summed E-state index contributed by atoms with van der Waals surface area (Å²) in [6.45, 7) is 1.67. The van der Waals surface area contributed by atoms with Gasteiger partial charge >= 0.3 is 0 Å². The van der Waals surface area contributed by atoms with Gasteiger partial charge in [-0.1, -0.05) is 18.2 Å². The van der Waals surface area contributed by atoms with Crippen molar-refractivity contribution in [3.63, 3.8) is 0 Å². The van der Waals surface area contributed by atoms with Crippen molar-refractivity contribution in [2.45, 2.75) is 13.5 Å². The van der Waals surface area contributed by atoms with E-state index < -0.39 is 0 Å². The Bertz CT molecular complexity index is 889. The number of carbonyl (C=O) groups excluding carboxylic acids is 2. The van der Waals surface area contributed by atoms with E-state index in [1.165, 1.54) is 18.3 Å². The van der Waals surface area contributed by atoms with Crippen molar-refractivity contribution in [3.05, 3.63) is 53.6 Å². The van der Waals surface area contributed by atoms with E-state index in [0.29, 0.717) is 34.6 Å².